The van der Waals surface area contributed by atoms with Gasteiger partial charge in [0.15, 0.2) is 0 Å². The molecular formula is C10H18N2OS. The summed E-state index contributed by atoms with van der Waals surface area (Å²) in [5.74, 6) is 1.37. The molecule has 2 aliphatic rings. The van der Waals surface area contributed by atoms with Crippen molar-refractivity contribution in [2.24, 2.45) is 0 Å². The van der Waals surface area contributed by atoms with Gasteiger partial charge in [-0.25, -0.2) is 0 Å². The fraction of sp³-hybridized carbons (Fsp3) is 0.900. The van der Waals surface area contributed by atoms with Crippen LogP contribution in [0.25, 0.3) is 0 Å². The summed E-state index contributed by atoms with van der Waals surface area (Å²) >= 11 is 1.88. The van der Waals surface area contributed by atoms with Crippen molar-refractivity contribution in [1.82, 2.24) is 10.6 Å². The molecule has 2 rings (SSSR count). The molecule has 1 saturated heterocycles. The Bertz CT molecular complexity index is 218. The molecule has 80 valence electrons. The van der Waals surface area contributed by atoms with Crippen LogP contribution in [0.1, 0.15) is 32.6 Å². The number of hydrogen-bond donors (Lipinski definition) is 2. The molecule has 0 aromatic rings. The quantitative estimate of drug-likeness (QED) is 0.736. The van der Waals surface area contributed by atoms with Crippen LogP contribution in [-0.2, 0) is 4.79 Å². The Morgan fingerprint density at radius 1 is 1.57 bits per heavy atom. The summed E-state index contributed by atoms with van der Waals surface area (Å²) in [5.41, 5.74) is 0. The molecule has 0 radical (unpaired) electrons. The summed E-state index contributed by atoms with van der Waals surface area (Å²) in [6.07, 6.45) is 4.15. The third kappa shape index (κ3) is 2.89. The summed E-state index contributed by atoms with van der Waals surface area (Å²) in [5, 5.41) is 6.83. The molecule has 4 heteroatoms. The fourth-order valence-electron chi connectivity index (χ4n) is 1.63. The van der Waals surface area contributed by atoms with Crippen molar-refractivity contribution < 1.29 is 4.79 Å². The number of rotatable bonds is 4. The Labute approximate surface area is 89.4 Å². The molecule has 1 aliphatic heterocycles. The van der Waals surface area contributed by atoms with E-state index in [1.807, 2.05) is 11.8 Å². The monoisotopic (exact) mass is 214 g/mol. The highest BCUT2D eigenvalue weighted by atomic mass is 32.2. The first-order chi connectivity index (χ1) is 6.78. The molecule has 2 unspecified atom stereocenters. The average Bonchev–Trinajstić information content (AvgIpc) is 2.83. The Kier molecular flexibility index (Phi) is 3.34. The Hall–Kier alpha value is -0.220. The lowest BCUT2D eigenvalue weighted by Crippen LogP contribution is -2.35. The van der Waals surface area contributed by atoms with E-state index in [2.05, 4.69) is 17.6 Å². The van der Waals surface area contributed by atoms with E-state index < -0.39 is 0 Å². The molecule has 14 heavy (non-hydrogen) atoms. The number of thioether (sulfide) groups is 1. The summed E-state index contributed by atoms with van der Waals surface area (Å²) in [6, 6.07) is 1.11. The molecule has 1 aliphatic carbocycles. The molecule has 1 saturated carbocycles. The van der Waals surface area contributed by atoms with E-state index >= 15 is 0 Å². The third-order valence-corrected chi connectivity index (χ3v) is 4.03. The topological polar surface area (TPSA) is 41.1 Å². The van der Waals surface area contributed by atoms with Gasteiger partial charge in [0.2, 0.25) is 5.91 Å². The van der Waals surface area contributed by atoms with Crippen molar-refractivity contribution in [2.75, 3.05) is 5.75 Å². The second kappa shape index (κ2) is 4.53. The van der Waals surface area contributed by atoms with E-state index in [9.17, 15) is 4.79 Å². The molecule has 2 fully saturated rings. The fourth-order valence-corrected chi connectivity index (χ4v) is 2.98. The molecule has 0 aromatic heterocycles. The van der Waals surface area contributed by atoms with E-state index in [4.69, 9.17) is 0 Å². The second-order valence-electron chi connectivity index (χ2n) is 4.14. The van der Waals surface area contributed by atoms with Crippen LogP contribution in [0.3, 0.4) is 0 Å². The largest absolute Gasteiger partial charge is 0.353 e. The first-order valence-corrected chi connectivity index (χ1v) is 6.50. The lowest BCUT2D eigenvalue weighted by atomic mass is 10.2. The van der Waals surface area contributed by atoms with Crippen molar-refractivity contribution >= 4 is 17.7 Å². The first kappa shape index (κ1) is 10.3. The maximum absolute atomic E-state index is 11.5. The zero-order valence-corrected chi connectivity index (χ0v) is 9.40. The second-order valence-corrected chi connectivity index (χ2v) is 5.38. The molecule has 1 amide bonds. The molecule has 1 heterocycles. The van der Waals surface area contributed by atoms with Gasteiger partial charge in [0, 0.05) is 17.8 Å². The van der Waals surface area contributed by atoms with Gasteiger partial charge in [-0.15, -0.1) is 11.8 Å². The summed E-state index contributed by atoms with van der Waals surface area (Å²) in [4.78, 5) is 11.5. The van der Waals surface area contributed by atoms with Gasteiger partial charge in [0.25, 0.3) is 0 Å². The maximum atomic E-state index is 11.5. The standard InChI is InChI=1S/C10H18N2OS/c1-2-7-6-14-10(12-7)5-9(13)11-8-3-4-8/h7-8,10,12H,2-6H2,1H3,(H,11,13). The summed E-state index contributed by atoms with van der Waals surface area (Å²) in [6.45, 7) is 2.19. The van der Waals surface area contributed by atoms with Gasteiger partial charge >= 0.3 is 0 Å². The van der Waals surface area contributed by atoms with Crippen LogP contribution < -0.4 is 10.6 Å². The average molecular weight is 214 g/mol. The molecule has 3 nitrogen and oxygen atoms in total. The molecule has 0 spiro atoms. The van der Waals surface area contributed by atoms with E-state index in [0.717, 1.165) is 12.2 Å². The van der Waals surface area contributed by atoms with E-state index in [-0.39, 0.29) is 5.91 Å². The van der Waals surface area contributed by atoms with Crippen molar-refractivity contribution in [3.05, 3.63) is 0 Å². The normalized spacial score (nSPS) is 31.8. The van der Waals surface area contributed by atoms with Crippen molar-refractivity contribution in [3.63, 3.8) is 0 Å². The van der Waals surface area contributed by atoms with E-state index in [1.165, 1.54) is 12.8 Å². The third-order valence-electron chi connectivity index (χ3n) is 2.73. The van der Waals surface area contributed by atoms with Crippen molar-refractivity contribution in [2.45, 2.75) is 50.1 Å². The van der Waals surface area contributed by atoms with Crippen LogP contribution in [0.5, 0.6) is 0 Å². The zero-order chi connectivity index (χ0) is 9.97. The Morgan fingerprint density at radius 3 is 2.93 bits per heavy atom. The van der Waals surface area contributed by atoms with Crippen LogP contribution in [0.4, 0.5) is 0 Å². The van der Waals surface area contributed by atoms with Crippen LogP contribution in [0.2, 0.25) is 0 Å². The van der Waals surface area contributed by atoms with E-state index in [1.54, 1.807) is 0 Å². The minimum Gasteiger partial charge on any atom is -0.353 e. The summed E-state index contributed by atoms with van der Waals surface area (Å²) in [7, 11) is 0. The highest BCUT2D eigenvalue weighted by molar-refractivity contribution is 8.00. The predicted molar refractivity (Wildman–Crippen MR) is 59.2 cm³/mol. The number of amides is 1. The maximum Gasteiger partial charge on any atom is 0.222 e. The zero-order valence-electron chi connectivity index (χ0n) is 8.58. The smallest absolute Gasteiger partial charge is 0.222 e. The predicted octanol–water partition coefficient (Wildman–Crippen LogP) is 1.10. The minimum atomic E-state index is 0.217. The van der Waals surface area contributed by atoms with Gasteiger partial charge < -0.3 is 10.6 Å². The van der Waals surface area contributed by atoms with Gasteiger partial charge in [-0.2, -0.15) is 0 Å². The number of nitrogens with one attached hydrogen (secondary N) is 2. The van der Waals surface area contributed by atoms with Crippen molar-refractivity contribution in [3.8, 4) is 0 Å². The molecule has 0 bridgehead atoms. The minimum absolute atomic E-state index is 0.217. The van der Waals surface area contributed by atoms with Gasteiger partial charge in [-0.3, -0.25) is 4.79 Å². The Morgan fingerprint density at radius 2 is 2.36 bits per heavy atom. The van der Waals surface area contributed by atoms with Gasteiger partial charge in [0.1, 0.15) is 0 Å². The lowest BCUT2D eigenvalue weighted by Gasteiger charge is -2.11. The summed E-state index contributed by atoms with van der Waals surface area (Å²) < 4.78 is 0. The Balaban J connectivity index is 1.66. The van der Waals surface area contributed by atoms with Gasteiger partial charge in [-0.1, -0.05) is 6.92 Å². The van der Waals surface area contributed by atoms with Crippen molar-refractivity contribution in [1.29, 1.82) is 0 Å². The molecule has 2 atom stereocenters. The van der Waals surface area contributed by atoms with Crippen LogP contribution in [0, 0.1) is 0 Å². The number of carbonyl (C=O) groups is 1. The van der Waals surface area contributed by atoms with Gasteiger partial charge in [0.05, 0.1) is 11.8 Å². The molecular weight excluding hydrogens is 196 g/mol. The lowest BCUT2D eigenvalue weighted by molar-refractivity contribution is -0.121. The first-order valence-electron chi connectivity index (χ1n) is 5.45. The van der Waals surface area contributed by atoms with E-state index in [0.29, 0.717) is 23.9 Å². The SMILES string of the molecule is CCC1CSC(CC(=O)NC2CC2)N1. The van der Waals surface area contributed by atoms with Crippen LogP contribution in [-0.4, -0.2) is 29.1 Å². The van der Waals surface area contributed by atoms with Crippen LogP contribution in [0.15, 0.2) is 0 Å². The molecule has 0 aromatic carbocycles. The number of carbonyl (C=O) groups excluding carboxylic acids is 1. The highest BCUT2D eigenvalue weighted by Gasteiger charge is 2.28. The highest BCUT2D eigenvalue weighted by Crippen LogP contribution is 2.24. The van der Waals surface area contributed by atoms with Crippen LogP contribution >= 0.6 is 11.8 Å². The number of hydrogen-bond acceptors (Lipinski definition) is 3. The molecule has 2 N–H and O–H groups in total. The van der Waals surface area contributed by atoms with Gasteiger partial charge in [-0.05, 0) is 19.3 Å².